The van der Waals surface area contributed by atoms with E-state index in [4.69, 9.17) is 11.6 Å². The van der Waals surface area contributed by atoms with Gasteiger partial charge in [0.2, 0.25) is 0 Å². The van der Waals surface area contributed by atoms with Crippen LogP contribution >= 0.6 is 11.6 Å². The summed E-state index contributed by atoms with van der Waals surface area (Å²) in [5.41, 5.74) is 3.37. The van der Waals surface area contributed by atoms with Gasteiger partial charge in [-0.25, -0.2) is 0 Å². The lowest BCUT2D eigenvalue weighted by Gasteiger charge is -2.17. The second-order valence-corrected chi connectivity index (χ2v) is 5.74. The summed E-state index contributed by atoms with van der Waals surface area (Å²) in [4.78, 5) is 6.67. The Morgan fingerprint density at radius 1 is 1.04 bits per heavy atom. The number of nitrogens with one attached hydrogen (secondary N) is 1. The van der Waals surface area contributed by atoms with E-state index in [0.717, 1.165) is 24.3 Å². The Morgan fingerprint density at radius 2 is 1.87 bits per heavy atom. The van der Waals surface area contributed by atoms with Crippen molar-refractivity contribution in [3.05, 3.63) is 65.3 Å². The zero-order chi connectivity index (χ0) is 15.6. The highest BCUT2D eigenvalue weighted by Crippen LogP contribution is 2.32. The van der Waals surface area contributed by atoms with Crippen molar-refractivity contribution in [1.29, 1.82) is 0 Å². The van der Waals surface area contributed by atoms with Crippen molar-refractivity contribution in [3.63, 3.8) is 0 Å². The van der Waals surface area contributed by atoms with E-state index >= 15 is 0 Å². The summed E-state index contributed by atoms with van der Waals surface area (Å²) in [5, 5.41) is 12.2. The number of hydrogen-bond acceptors (Lipinski definition) is 5. The fourth-order valence-corrected chi connectivity index (χ4v) is 2.82. The van der Waals surface area contributed by atoms with Gasteiger partial charge in [0.1, 0.15) is 0 Å². The zero-order valence-electron chi connectivity index (χ0n) is 12.3. The molecule has 0 amide bonds. The SMILES string of the molecule is Clc1ccc(Nc2cnnc(N3CCc4ccccc43)n2)cc1. The van der Waals surface area contributed by atoms with E-state index < -0.39 is 0 Å². The Kier molecular flexibility index (Phi) is 3.55. The highest BCUT2D eigenvalue weighted by atomic mass is 35.5. The molecular weight excluding hydrogens is 310 g/mol. The standard InChI is InChI=1S/C17H14ClN5/c18-13-5-7-14(8-6-13)20-16-11-19-22-17(21-16)23-10-9-12-3-1-2-4-15(12)23/h1-8,11H,9-10H2,(H,20,21,22). The topological polar surface area (TPSA) is 53.9 Å². The van der Waals surface area contributed by atoms with E-state index in [1.54, 1.807) is 6.20 Å². The first-order chi connectivity index (χ1) is 11.3. The largest absolute Gasteiger partial charge is 0.339 e. The van der Waals surface area contributed by atoms with Crippen molar-refractivity contribution < 1.29 is 0 Å². The molecule has 1 N–H and O–H groups in total. The third kappa shape index (κ3) is 2.83. The van der Waals surface area contributed by atoms with E-state index in [9.17, 15) is 0 Å². The number of hydrogen-bond donors (Lipinski definition) is 1. The van der Waals surface area contributed by atoms with Gasteiger partial charge in [0.15, 0.2) is 5.82 Å². The average Bonchev–Trinajstić information content (AvgIpc) is 3.01. The lowest BCUT2D eigenvalue weighted by molar-refractivity contribution is 0.887. The molecule has 0 aliphatic carbocycles. The minimum atomic E-state index is 0.605. The Balaban J connectivity index is 1.61. The van der Waals surface area contributed by atoms with Gasteiger partial charge in [-0.15, -0.1) is 5.10 Å². The maximum atomic E-state index is 5.90. The van der Waals surface area contributed by atoms with Gasteiger partial charge in [0, 0.05) is 22.9 Å². The first-order valence-corrected chi connectivity index (χ1v) is 7.75. The molecule has 1 aliphatic heterocycles. The molecule has 2 aromatic carbocycles. The molecule has 0 radical (unpaired) electrons. The predicted octanol–water partition coefficient (Wildman–Crippen LogP) is 3.96. The Labute approximate surface area is 139 Å². The van der Waals surface area contributed by atoms with Crippen LogP contribution in [0.2, 0.25) is 5.02 Å². The van der Waals surface area contributed by atoms with Crippen LogP contribution in [-0.2, 0) is 6.42 Å². The number of para-hydroxylation sites is 1. The summed E-state index contributed by atoms with van der Waals surface area (Å²) in [6.45, 7) is 0.866. The van der Waals surface area contributed by atoms with Gasteiger partial charge < -0.3 is 10.2 Å². The van der Waals surface area contributed by atoms with Crippen LogP contribution in [0.1, 0.15) is 5.56 Å². The maximum Gasteiger partial charge on any atom is 0.251 e. The van der Waals surface area contributed by atoms with Gasteiger partial charge in [-0.05, 0) is 42.3 Å². The monoisotopic (exact) mass is 323 g/mol. The molecule has 23 heavy (non-hydrogen) atoms. The molecule has 1 aromatic heterocycles. The molecule has 3 aromatic rings. The normalized spacial score (nSPS) is 13.0. The van der Waals surface area contributed by atoms with E-state index in [-0.39, 0.29) is 0 Å². The lowest BCUT2D eigenvalue weighted by atomic mass is 10.2. The highest BCUT2D eigenvalue weighted by molar-refractivity contribution is 6.30. The van der Waals surface area contributed by atoms with Crippen LogP contribution in [0.25, 0.3) is 0 Å². The minimum Gasteiger partial charge on any atom is -0.339 e. The van der Waals surface area contributed by atoms with Crippen LogP contribution < -0.4 is 10.2 Å². The Hall–Kier alpha value is -2.66. The molecular formula is C17H14ClN5. The number of halogens is 1. The zero-order valence-corrected chi connectivity index (χ0v) is 13.0. The molecule has 0 unspecified atom stereocenters. The summed E-state index contributed by atoms with van der Waals surface area (Å²) in [6.07, 6.45) is 2.61. The fourth-order valence-electron chi connectivity index (χ4n) is 2.70. The summed E-state index contributed by atoms with van der Waals surface area (Å²) in [6, 6.07) is 15.8. The molecule has 2 heterocycles. The first-order valence-electron chi connectivity index (χ1n) is 7.37. The molecule has 0 fully saturated rings. The van der Waals surface area contributed by atoms with E-state index in [0.29, 0.717) is 16.8 Å². The number of fused-ring (bicyclic) bond motifs is 1. The van der Waals surface area contributed by atoms with Crippen molar-refractivity contribution in [1.82, 2.24) is 15.2 Å². The molecule has 0 bridgehead atoms. The first kappa shape index (κ1) is 14.0. The molecule has 5 nitrogen and oxygen atoms in total. The third-order valence-corrected chi connectivity index (χ3v) is 4.04. The van der Waals surface area contributed by atoms with Gasteiger partial charge in [0.05, 0.1) is 6.20 Å². The molecule has 114 valence electrons. The van der Waals surface area contributed by atoms with E-state index in [1.807, 2.05) is 30.3 Å². The summed E-state index contributed by atoms with van der Waals surface area (Å²) >= 11 is 5.90. The number of benzene rings is 2. The van der Waals surface area contributed by atoms with Crippen molar-refractivity contribution in [2.45, 2.75) is 6.42 Å². The molecule has 0 atom stereocenters. The minimum absolute atomic E-state index is 0.605. The third-order valence-electron chi connectivity index (χ3n) is 3.79. The number of anilines is 4. The quantitative estimate of drug-likeness (QED) is 0.790. The lowest BCUT2D eigenvalue weighted by Crippen LogP contribution is -2.17. The van der Waals surface area contributed by atoms with Crippen LogP contribution in [0.4, 0.5) is 23.1 Å². The summed E-state index contributed by atoms with van der Waals surface area (Å²) < 4.78 is 0. The summed E-state index contributed by atoms with van der Waals surface area (Å²) in [5.74, 6) is 1.26. The van der Waals surface area contributed by atoms with Crippen molar-refractivity contribution in [2.24, 2.45) is 0 Å². The van der Waals surface area contributed by atoms with E-state index in [2.05, 4.69) is 43.6 Å². The number of rotatable bonds is 3. The molecule has 0 saturated heterocycles. The number of aromatic nitrogens is 3. The van der Waals surface area contributed by atoms with Crippen molar-refractivity contribution >= 4 is 34.7 Å². The smallest absolute Gasteiger partial charge is 0.251 e. The summed E-state index contributed by atoms with van der Waals surface area (Å²) in [7, 11) is 0. The maximum absolute atomic E-state index is 5.90. The second-order valence-electron chi connectivity index (χ2n) is 5.30. The van der Waals surface area contributed by atoms with Gasteiger partial charge >= 0.3 is 0 Å². The van der Waals surface area contributed by atoms with Gasteiger partial charge in [-0.2, -0.15) is 10.1 Å². The van der Waals surface area contributed by atoms with Crippen LogP contribution in [0.15, 0.2) is 54.7 Å². The van der Waals surface area contributed by atoms with Crippen LogP contribution in [0.3, 0.4) is 0 Å². The Morgan fingerprint density at radius 3 is 2.74 bits per heavy atom. The highest BCUT2D eigenvalue weighted by Gasteiger charge is 2.22. The number of nitrogens with zero attached hydrogens (tertiary/aromatic N) is 4. The molecule has 4 rings (SSSR count). The van der Waals surface area contributed by atoms with Gasteiger partial charge in [-0.1, -0.05) is 29.8 Å². The average molecular weight is 324 g/mol. The van der Waals surface area contributed by atoms with Crippen molar-refractivity contribution in [2.75, 3.05) is 16.8 Å². The Bertz CT molecular complexity index is 834. The second kappa shape index (κ2) is 5.85. The molecule has 0 spiro atoms. The molecule has 0 saturated carbocycles. The predicted molar refractivity (Wildman–Crippen MR) is 91.7 cm³/mol. The van der Waals surface area contributed by atoms with Gasteiger partial charge in [-0.3, -0.25) is 0 Å². The fraction of sp³-hybridized carbons (Fsp3) is 0.118. The van der Waals surface area contributed by atoms with Crippen LogP contribution in [0.5, 0.6) is 0 Å². The van der Waals surface area contributed by atoms with Gasteiger partial charge in [0.25, 0.3) is 5.95 Å². The van der Waals surface area contributed by atoms with Crippen LogP contribution in [0, 0.1) is 0 Å². The van der Waals surface area contributed by atoms with Crippen LogP contribution in [-0.4, -0.2) is 21.7 Å². The van der Waals surface area contributed by atoms with E-state index in [1.165, 1.54) is 5.56 Å². The van der Waals surface area contributed by atoms with Crippen molar-refractivity contribution in [3.8, 4) is 0 Å². The molecule has 1 aliphatic rings. The molecule has 6 heteroatoms.